The van der Waals surface area contributed by atoms with Crippen LogP contribution in [0.25, 0.3) is 0 Å². The molecule has 0 amide bonds. The van der Waals surface area contributed by atoms with Crippen LogP contribution in [0.3, 0.4) is 0 Å². The Morgan fingerprint density at radius 1 is 1.08 bits per heavy atom. The Balaban J connectivity index is 4.95. The first-order valence-electron chi connectivity index (χ1n) is 4.82. The maximum absolute atomic E-state index is 2.42. The van der Waals surface area contributed by atoms with Crippen molar-refractivity contribution in [3.63, 3.8) is 0 Å². The lowest BCUT2D eigenvalue weighted by atomic mass is 9.96. The lowest BCUT2D eigenvalue weighted by Crippen LogP contribution is -2.34. The molecule has 0 aromatic heterocycles. The number of hydrogen-bond acceptors (Lipinski definition) is 0. The highest BCUT2D eigenvalue weighted by molar-refractivity contribution is 7.81. The fourth-order valence-electron chi connectivity index (χ4n) is 1.26. The number of nitrogens with zero attached hydrogens (tertiary/aromatic N) is 1. The van der Waals surface area contributed by atoms with Gasteiger partial charge in [-0.1, -0.05) is 40.4 Å². The predicted molar refractivity (Wildman–Crippen MR) is 68.4 cm³/mol. The number of hydrogen-bond donors (Lipinski definition) is 0. The summed E-state index contributed by atoms with van der Waals surface area (Å²) in [5.74, 6) is 0. The van der Waals surface area contributed by atoms with Crippen molar-refractivity contribution < 1.29 is 0 Å². The fraction of sp³-hybridized carbons (Fsp3) is 0.900. The largest absolute Gasteiger partial charge is 0.281 e. The van der Waals surface area contributed by atoms with Gasteiger partial charge in [0.2, 0.25) is 0 Å². The smallest absolute Gasteiger partial charge is 0.104 e. The maximum atomic E-state index is 2.42. The Bertz CT molecular complexity index is 196. The summed E-state index contributed by atoms with van der Waals surface area (Å²) in [4.78, 5) is 2.29. The van der Waals surface area contributed by atoms with Gasteiger partial charge in [0, 0.05) is 10.8 Å². The van der Waals surface area contributed by atoms with Gasteiger partial charge in [0.15, 0.2) is 0 Å². The van der Waals surface area contributed by atoms with E-state index in [0.717, 1.165) is 0 Å². The molecule has 0 aliphatic rings. The van der Waals surface area contributed by atoms with Crippen molar-refractivity contribution in [2.75, 3.05) is 14.1 Å². The SMILES string of the molecule is CN(C)C(=P[Si](C)(C)C)C(C)(C)C. The highest BCUT2D eigenvalue weighted by Crippen LogP contribution is 2.29. The molecule has 0 saturated carbocycles. The van der Waals surface area contributed by atoms with Crippen LogP contribution in [0.1, 0.15) is 20.8 Å². The van der Waals surface area contributed by atoms with E-state index in [1.54, 1.807) is 13.2 Å². The molecule has 78 valence electrons. The molecule has 3 heteroatoms. The second-order valence-electron chi connectivity index (χ2n) is 5.75. The van der Waals surface area contributed by atoms with Crippen LogP contribution in [-0.4, -0.2) is 32.2 Å². The van der Waals surface area contributed by atoms with Crippen LogP contribution in [0.2, 0.25) is 19.6 Å². The Kier molecular flexibility index (Phi) is 4.36. The molecular weight excluding hydrogens is 193 g/mol. The van der Waals surface area contributed by atoms with E-state index in [9.17, 15) is 0 Å². The average molecular weight is 217 g/mol. The summed E-state index contributed by atoms with van der Waals surface area (Å²) in [5, 5.41) is 0. The van der Waals surface area contributed by atoms with Gasteiger partial charge in [-0.15, -0.1) is 7.75 Å². The summed E-state index contributed by atoms with van der Waals surface area (Å²) in [6, 6.07) is 0. The van der Waals surface area contributed by atoms with Crippen LogP contribution < -0.4 is 0 Å². The summed E-state index contributed by atoms with van der Waals surface area (Å²) in [5.41, 5.74) is 1.87. The first kappa shape index (κ1) is 13.3. The lowest BCUT2D eigenvalue weighted by molar-refractivity contribution is 0.496. The van der Waals surface area contributed by atoms with Gasteiger partial charge in [-0.05, 0) is 14.1 Å². The molecule has 0 N–H and O–H groups in total. The van der Waals surface area contributed by atoms with E-state index in [0.29, 0.717) is 5.41 Å². The minimum Gasteiger partial charge on any atom is -0.281 e. The molecule has 0 rings (SSSR count). The minimum atomic E-state index is -0.999. The predicted octanol–water partition coefficient (Wildman–Crippen LogP) is 3.51. The number of rotatable bonds is 2. The van der Waals surface area contributed by atoms with Crippen LogP contribution in [0.4, 0.5) is 0 Å². The van der Waals surface area contributed by atoms with Crippen LogP contribution in [0.15, 0.2) is 0 Å². The molecule has 0 aliphatic heterocycles. The molecule has 0 aromatic rings. The lowest BCUT2D eigenvalue weighted by Gasteiger charge is -2.30. The van der Waals surface area contributed by atoms with E-state index in [2.05, 4.69) is 59.4 Å². The summed E-state index contributed by atoms with van der Waals surface area (Å²) in [7, 11) is 4.89. The van der Waals surface area contributed by atoms with E-state index < -0.39 is 7.74 Å². The van der Waals surface area contributed by atoms with Gasteiger partial charge in [0.25, 0.3) is 0 Å². The fourth-order valence-corrected chi connectivity index (χ4v) is 5.94. The van der Waals surface area contributed by atoms with E-state index in [4.69, 9.17) is 0 Å². The molecule has 13 heavy (non-hydrogen) atoms. The molecule has 0 radical (unpaired) electrons. The molecular formula is C10H24NPSi. The van der Waals surface area contributed by atoms with Crippen LogP contribution in [0.5, 0.6) is 0 Å². The summed E-state index contributed by atoms with van der Waals surface area (Å²) in [6.07, 6.45) is 0. The molecule has 0 unspecified atom stereocenters. The Morgan fingerprint density at radius 3 is 1.54 bits per heavy atom. The van der Waals surface area contributed by atoms with Crippen molar-refractivity contribution in [1.82, 2.24) is 4.90 Å². The zero-order chi connectivity index (χ0) is 10.9. The Hall–Kier alpha value is 0.347. The summed E-state index contributed by atoms with van der Waals surface area (Å²) in [6.45, 7) is 14.2. The zero-order valence-corrected chi connectivity index (χ0v) is 12.3. The van der Waals surface area contributed by atoms with Crippen molar-refractivity contribution in [2.24, 2.45) is 5.41 Å². The van der Waals surface area contributed by atoms with Gasteiger partial charge >= 0.3 is 0 Å². The highest BCUT2D eigenvalue weighted by atomic mass is 31.3. The molecule has 0 bridgehead atoms. The summed E-state index contributed by atoms with van der Waals surface area (Å²) >= 11 is 0. The second-order valence-corrected chi connectivity index (χ2v) is 15.4. The molecule has 0 aliphatic carbocycles. The summed E-state index contributed by atoms with van der Waals surface area (Å²) < 4.78 is 0. The Labute approximate surface area is 86.2 Å². The molecule has 0 spiro atoms. The van der Waals surface area contributed by atoms with Crippen molar-refractivity contribution in [3.8, 4) is 0 Å². The molecule has 0 fully saturated rings. The minimum absolute atomic E-state index is 0.311. The normalized spacial score (nSPS) is 15.3. The van der Waals surface area contributed by atoms with Gasteiger partial charge in [-0.25, -0.2) is 0 Å². The van der Waals surface area contributed by atoms with E-state index in [1.165, 1.54) is 0 Å². The van der Waals surface area contributed by atoms with E-state index in [1.807, 2.05) is 0 Å². The Morgan fingerprint density at radius 2 is 1.46 bits per heavy atom. The van der Waals surface area contributed by atoms with E-state index in [-0.39, 0.29) is 0 Å². The molecule has 0 saturated heterocycles. The van der Waals surface area contributed by atoms with Crippen LogP contribution in [-0.2, 0) is 0 Å². The molecule has 0 aromatic carbocycles. The highest BCUT2D eigenvalue weighted by Gasteiger charge is 2.23. The zero-order valence-electron chi connectivity index (χ0n) is 10.4. The van der Waals surface area contributed by atoms with E-state index >= 15 is 0 Å². The van der Waals surface area contributed by atoms with Gasteiger partial charge < -0.3 is 0 Å². The van der Waals surface area contributed by atoms with Crippen molar-refractivity contribution in [1.29, 1.82) is 0 Å². The van der Waals surface area contributed by atoms with Crippen molar-refractivity contribution in [2.45, 2.75) is 40.4 Å². The van der Waals surface area contributed by atoms with Crippen LogP contribution in [0, 0.1) is 5.41 Å². The maximum Gasteiger partial charge on any atom is 0.104 e. The second kappa shape index (κ2) is 4.25. The first-order chi connectivity index (χ1) is 5.54. The van der Waals surface area contributed by atoms with Crippen molar-refractivity contribution >= 4 is 20.9 Å². The first-order valence-corrected chi connectivity index (χ1v) is 10.1. The third-order valence-electron chi connectivity index (χ3n) is 1.54. The monoisotopic (exact) mass is 217 g/mol. The average Bonchev–Trinajstić information content (AvgIpc) is 1.77. The topological polar surface area (TPSA) is 3.24 Å². The molecule has 0 heterocycles. The molecule has 1 nitrogen and oxygen atoms in total. The van der Waals surface area contributed by atoms with Gasteiger partial charge in [0.1, 0.15) is 7.74 Å². The third kappa shape index (κ3) is 5.61. The van der Waals surface area contributed by atoms with Crippen molar-refractivity contribution in [3.05, 3.63) is 0 Å². The van der Waals surface area contributed by atoms with Gasteiger partial charge in [-0.2, -0.15) is 0 Å². The molecule has 0 atom stereocenters. The van der Waals surface area contributed by atoms with Gasteiger partial charge in [-0.3, -0.25) is 4.90 Å². The standard InChI is InChI=1S/C10H24NPSi/c1-10(2,3)9(11(4)5)12-13(6,7)8/h1-8H3. The van der Waals surface area contributed by atoms with Gasteiger partial charge in [0.05, 0.1) is 0 Å². The third-order valence-corrected chi connectivity index (χ3v) is 6.14. The van der Waals surface area contributed by atoms with Crippen LogP contribution >= 0.6 is 7.75 Å². The quantitative estimate of drug-likeness (QED) is 0.505.